The molecule has 7 heavy (non-hydrogen) atoms. The summed E-state index contributed by atoms with van der Waals surface area (Å²) >= 11 is 1.77. The fourth-order valence-corrected chi connectivity index (χ4v) is 1.55. The molecule has 1 aliphatic carbocycles. The van der Waals surface area contributed by atoms with E-state index in [4.69, 9.17) is 5.11 Å². The predicted octanol–water partition coefficient (Wildman–Crippen LogP) is 0.873. The van der Waals surface area contributed by atoms with Crippen LogP contribution in [-0.4, -0.2) is 22.7 Å². The van der Waals surface area contributed by atoms with E-state index in [2.05, 4.69) is 0 Å². The third-order valence-electron chi connectivity index (χ3n) is 1.48. The largest absolute Gasteiger partial charge is 0.392 e. The molecule has 2 heteroatoms. The summed E-state index contributed by atoms with van der Waals surface area (Å²) in [6, 6.07) is 0. The van der Waals surface area contributed by atoms with E-state index in [1.54, 1.807) is 11.8 Å². The maximum absolute atomic E-state index is 8.89. The third kappa shape index (κ3) is 0.916. The number of rotatable bonds is 1. The lowest BCUT2D eigenvalue weighted by molar-refractivity contribution is 0.103. The molecule has 1 aliphatic rings. The smallest absolute Gasteiger partial charge is 0.0659 e. The van der Waals surface area contributed by atoms with Gasteiger partial charge in [0.25, 0.3) is 0 Å². The van der Waals surface area contributed by atoms with Crippen molar-refractivity contribution in [2.24, 2.45) is 0 Å². The van der Waals surface area contributed by atoms with Gasteiger partial charge >= 0.3 is 0 Å². The monoisotopic (exact) mass is 118 g/mol. The van der Waals surface area contributed by atoms with Gasteiger partial charge in [0.1, 0.15) is 0 Å². The topological polar surface area (TPSA) is 20.2 Å². The van der Waals surface area contributed by atoms with Crippen LogP contribution in [0.5, 0.6) is 0 Å². The van der Waals surface area contributed by atoms with Crippen molar-refractivity contribution in [3.8, 4) is 0 Å². The molecule has 1 fully saturated rings. The number of hydrogen-bond acceptors (Lipinski definition) is 2. The van der Waals surface area contributed by atoms with Gasteiger partial charge in [-0.05, 0) is 19.1 Å². The first-order valence-corrected chi connectivity index (χ1v) is 3.84. The van der Waals surface area contributed by atoms with E-state index < -0.39 is 0 Å². The van der Waals surface area contributed by atoms with Crippen LogP contribution in [-0.2, 0) is 0 Å². The van der Waals surface area contributed by atoms with Gasteiger partial charge in [0, 0.05) is 5.25 Å². The number of aliphatic hydroxyl groups excluding tert-OH is 1. The molecule has 0 heterocycles. The molecule has 0 radical (unpaired) electrons. The summed E-state index contributed by atoms with van der Waals surface area (Å²) in [4.78, 5) is 0. The highest BCUT2D eigenvalue weighted by molar-refractivity contribution is 7.99. The minimum absolute atomic E-state index is 0.00926. The Bertz CT molecular complexity index is 63.1. The van der Waals surface area contributed by atoms with Gasteiger partial charge in [-0.25, -0.2) is 0 Å². The first kappa shape index (κ1) is 5.45. The van der Waals surface area contributed by atoms with E-state index in [9.17, 15) is 0 Å². The van der Waals surface area contributed by atoms with Crippen LogP contribution in [0.2, 0.25) is 0 Å². The molecule has 0 bridgehead atoms. The summed E-state index contributed by atoms with van der Waals surface area (Å²) < 4.78 is 0. The normalized spacial score (nSPS) is 40.3. The zero-order valence-electron chi connectivity index (χ0n) is 4.42. The molecule has 1 N–H and O–H groups in total. The summed E-state index contributed by atoms with van der Waals surface area (Å²) in [6.07, 6.45) is 4.29. The summed E-state index contributed by atoms with van der Waals surface area (Å²) in [7, 11) is 0. The highest BCUT2D eigenvalue weighted by atomic mass is 32.2. The molecule has 42 valence electrons. The maximum atomic E-state index is 8.89. The Labute approximate surface area is 48.1 Å². The average Bonchev–Trinajstić information content (AvgIpc) is 1.65. The highest BCUT2D eigenvalue weighted by Gasteiger charge is 2.27. The van der Waals surface area contributed by atoms with Crippen LogP contribution >= 0.6 is 11.8 Å². The second-order valence-corrected chi connectivity index (χ2v) is 3.00. The molecule has 0 aliphatic heterocycles. The lowest BCUT2D eigenvalue weighted by Crippen LogP contribution is -2.33. The van der Waals surface area contributed by atoms with E-state index in [1.807, 2.05) is 6.26 Å². The number of aliphatic hydroxyl groups is 1. The van der Waals surface area contributed by atoms with Crippen LogP contribution < -0.4 is 0 Å². The molecule has 0 amide bonds. The van der Waals surface area contributed by atoms with E-state index in [0.29, 0.717) is 5.25 Å². The summed E-state index contributed by atoms with van der Waals surface area (Å²) in [5, 5.41) is 9.44. The van der Waals surface area contributed by atoms with Crippen LogP contribution in [0.15, 0.2) is 0 Å². The second-order valence-electron chi connectivity index (χ2n) is 1.92. The van der Waals surface area contributed by atoms with Crippen molar-refractivity contribution < 1.29 is 5.11 Å². The molecule has 2 unspecified atom stereocenters. The van der Waals surface area contributed by atoms with Gasteiger partial charge in [0.2, 0.25) is 0 Å². The first-order chi connectivity index (χ1) is 3.34. The standard InChI is InChI=1S/C5H10OS/c1-7-5-3-2-4(5)6/h4-6H,2-3H2,1H3. The van der Waals surface area contributed by atoms with E-state index in [1.165, 1.54) is 6.42 Å². The molecular weight excluding hydrogens is 108 g/mol. The lowest BCUT2D eigenvalue weighted by Gasteiger charge is -2.30. The fraction of sp³-hybridized carbons (Fsp3) is 1.00. The van der Waals surface area contributed by atoms with Crippen LogP contribution in [0.1, 0.15) is 12.8 Å². The van der Waals surface area contributed by atoms with Crippen molar-refractivity contribution in [3.05, 3.63) is 0 Å². The summed E-state index contributed by atoms with van der Waals surface area (Å²) in [6.45, 7) is 0. The Morgan fingerprint density at radius 3 is 2.29 bits per heavy atom. The van der Waals surface area contributed by atoms with Gasteiger partial charge in [0.05, 0.1) is 6.10 Å². The third-order valence-corrected chi connectivity index (χ3v) is 2.63. The molecule has 1 saturated carbocycles. The molecule has 0 spiro atoms. The van der Waals surface area contributed by atoms with Gasteiger partial charge in [-0.15, -0.1) is 0 Å². The fourth-order valence-electron chi connectivity index (χ4n) is 0.727. The minimum atomic E-state index is 0.00926. The van der Waals surface area contributed by atoms with Gasteiger partial charge in [-0.2, -0.15) is 11.8 Å². The van der Waals surface area contributed by atoms with Crippen molar-refractivity contribution in [3.63, 3.8) is 0 Å². The predicted molar refractivity (Wildman–Crippen MR) is 32.5 cm³/mol. The molecule has 1 nitrogen and oxygen atoms in total. The Morgan fingerprint density at radius 1 is 1.57 bits per heavy atom. The molecule has 0 saturated heterocycles. The average molecular weight is 118 g/mol. The molecular formula is C5H10OS. The number of thioether (sulfide) groups is 1. The van der Waals surface area contributed by atoms with E-state index in [0.717, 1.165) is 6.42 Å². The van der Waals surface area contributed by atoms with Gasteiger partial charge in [-0.1, -0.05) is 0 Å². The summed E-state index contributed by atoms with van der Waals surface area (Å²) in [5.41, 5.74) is 0. The zero-order valence-corrected chi connectivity index (χ0v) is 5.24. The van der Waals surface area contributed by atoms with Crippen molar-refractivity contribution in [2.45, 2.75) is 24.2 Å². The Kier molecular flexibility index (Phi) is 1.60. The Morgan fingerprint density at radius 2 is 2.29 bits per heavy atom. The molecule has 0 aromatic rings. The minimum Gasteiger partial charge on any atom is -0.392 e. The Balaban J connectivity index is 2.16. The van der Waals surface area contributed by atoms with Crippen molar-refractivity contribution in [1.29, 1.82) is 0 Å². The molecule has 1 rings (SSSR count). The van der Waals surface area contributed by atoms with Crippen LogP contribution in [0.25, 0.3) is 0 Å². The second kappa shape index (κ2) is 2.05. The first-order valence-electron chi connectivity index (χ1n) is 2.55. The van der Waals surface area contributed by atoms with E-state index >= 15 is 0 Å². The van der Waals surface area contributed by atoms with Gasteiger partial charge in [-0.3, -0.25) is 0 Å². The Hall–Kier alpha value is 0.310. The van der Waals surface area contributed by atoms with Crippen molar-refractivity contribution in [2.75, 3.05) is 6.26 Å². The number of hydrogen-bond donors (Lipinski definition) is 1. The van der Waals surface area contributed by atoms with Gasteiger partial charge in [0.15, 0.2) is 0 Å². The zero-order chi connectivity index (χ0) is 5.28. The van der Waals surface area contributed by atoms with Crippen molar-refractivity contribution >= 4 is 11.8 Å². The van der Waals surface area contributed by atoms with Crippen LogP contribution in [0.4, 0.5) is 0 Å². The molecule has 2 atom stereocenters. The lowest BCUT2D eigenvalue weighted by atomic mass is 9.96. The molecule has 0 aromatic carbocycles. The van der Waals surface area contributed by atoms with Crippen LogP contribution in [0, 0.1) is 0 Å². The van der Waals surface area contributed by atoms with Crippen molar-refractivity contribution in [1.82, 2.24) is 0 Å². The SMILES string of the molecule is CSC1CCC1O. The maximum Gasteiger partial charge on any atom is 0.0659 e. The van der Waals surface area contributed by atoms with Gasteiger partial charge < -0.3 is 5.11 Å². The quantitative estimate of drug-likeness (QED) is 0.551. The molecule has 0 aromatic heterocycles. The van der Waals surface area contributed by atoms with Crippen LogP contribution in [0.3, 0.4) is 0 Å². The van der Waals surface area contributed by atoms with E-state index in [-0.39, 0.29) is 6.10 Å². The highest BCUT2D eigenvalue weighted by Crippen LogP contribution is 2.29. The summed E-state index contributed by atoms with van der Waals surface area (Å²) in [5.74, 6) is 0.